The van der Waals surface area contributed by atoms with Gasteiger partial charge in [-0.2, -0.15) is 0 Å². The monoisotopic (exact) mass is 238 g/mol. The van der Waals surface area contributed by atoms with Gasteiger partial charge in [-0.25, -0.2) is 8.78 Å². The van der Waals surface area contributed by atoms with Crippen molar-refractivity contribution >= 4 is 0 Å². The molecule has 2 rings (SSSR count). The van der Waals surface area contributed by atoms with Crippen LogP contribution in [0.1, 0.15) is 20.8 Å². The second-order valence-electron chi connectivity index (χ2n) is 4.68. The molecule has 94 valence electrons. The zero-order chi connectivity index (χ0) is 12.1. The standard InChI is InChI=1S/C10H16F2O4/c1-9(2)15-5-6(16-9)8(13-4)14-7(5)10(3,11)12/h5-8H,1-4H3/t5-,6+,7-,8+/m0/s1. The number of fused-ring (bicyclic) bond motifs is 1. The van der Waals surface area contributed by atoms with E-state index < -0.39 is 36.3 Å². The summed E-state index contributed by atoms with van der Waals surface area (Å²) in [6.07, 6.45) is -3.53. The molecule has 2 aliphatic heterocycles. The molecule has 2 aliphatic rings. The van der Waals surface area contributed by atoms with E-state index in [9.17, 15) is 8.78 Å². The van der Waals surface area contributed by atoms with Crippen LogP contribution >= 0.6 is 0 Å². The van der Waals surface area contributed by atoms with Gasteiger partial charge in [0, 0.05) is 14.0 Å². The SMILES string of the molecule is CO[C@@H]1O[C@H](C(C)(F)F)[C@H]2OC(C)(C)O[C@@H]12. The van der Waals surface area contributed by atoms with Crippen LogP contribution in [0.15, 0.2) is 0 Å². The van der Waals surface area contributed by atoms with E-state index in [1.807, 2.05) is 0 Å². The molecular formula is C10H16F2O4. The molecule has 2 heterocycles. The molecule has 0 unspecified atom stereocenters. The predicted molar refractivity (Wildman–Crippen MR) is 50.1 cm³/mol. The summed E-state index contributed by atoms with van der Waals surface area (Å²) in [6, 6.07) is 0. The van der Waals surface area contributed by atoms with Gasteiger partial charge in [-0.15, -0.1) is 0 Å². The molecule has 0 aromatic rings. The summed E-state index contributed by atoms with van der Waals surface area (Å²) >= 11 is 0. The molecule has 0 radical (unpaired) electrons. The first-order valence-electron chi connectivity index (χ1n) is 5.16. The molecule has 4 nitrogen and oxygen atoms in total. The summed E-state index contributed by atoms with van der Waals surface area (Å²) in [5.41, 5.74) is 0. The number of halogens is 2. The highest BCUT2D eigenvalue weighted by Gasteiger charge is 2.61. The molecule has 0 aromatic carbocycles. The smallest absolute Gasteiger partial charge is 0.273 e. The maximum atomic E-state index is 13.3. The fourth-order valence-corrected chi connectivity index (χ4v) is 2.16. The fraction of sp³-hybridized carbons (Fsp3) is 1.00. The van der Waals surface area contributed by atoms with Crippen LogP contribution in [0.2, 0.25) is 0 Å². The van der Waals surface area contributed by atoms with Crippen molar-refractivity contribution in [3.05, 3.63) is 0 Å². The van der Waals surface area contributed by atoms with Gasteiger partial charge < -0.3 is 18.9 Å². The van der Waals surface area contributed by atoms with Crippen LogP contribution in [-0.2, 0) is 18.9 Å². The lowest BCUT2D eigenvalue weighted by atomic mass is 10.1. The number of methoxy groups -OCH3 is 1. The minimum Gasteiger partial charge on any atom is -0.353 e. The normalized spacial score (nSPS) is 42.4. The van der Waals surface area contributed by atoms with E-state index in [2.05, 4.69) is 0 Å². The summed E-state index contributed by atoms with van der Waals surface area (Å²) in [6.45, 7) is 4.17. The summed E-state index contributed by atoms with van der Waals surface area (Å²) < 4.78 is 47.7. The zero-order valence-electron chi connectivity index (χ0n) is 9.70. The Morgan fingerprint density at radius 3 is 2.25 bits per heavy atom. The van der Waals surface area contributed by atoms with Crippen molar-refractivity contribution in [2.24, 2.45) is 0 Å². The van der Waals surface area contributed by atoms with E-state index in [1.54, 1.807) is 13.8 Å². The highest BCUT2D eigenvalue weighted by molar-refractivity contribution is 4.99. The third-order valence-electron chi connectivity index (χ3n) is 2.74. The molecular weight excluding hydrogens is 222 g/mol. The van der Waals surface area contributed by atoms with Crippen LogP contribution in [0.25, 0.3) is 0 Å². The van der Waals surface area contributed by atoms with E-state index in [-0.39, 0.29) is 0 Å². The quantitative estimate of drug-likeness (QED) is 0.731. The van der Waals surface area contributed by atoms with Crippen molar-refractivity contribution < 1.29 is 27.7 Å². The molecule has 0 aromatic heterocycles. The maximum absolute atomic E-state index is 13.3. The molecule has 0 N–H and O–H groups in total. The lowest BCUT2D eigenvalue weighted by Gasteiger charge is -2.26. The first kappa shape index (κ1) is 12.2. The third kappa shape index (κ3) is 1.95. The van der Waals surface area contributed by atoms with Crippen LogP contribution in [-0.4, -0.2) is 43.4 Å². The first-order chi connectivity index (χ1) is 7.24. The Kier molecular flexibility index (Phi) is 2.73. The summed E-state index contributed by atoms with van der Waals surface area (Å²) in [7, 11) is 1.40. The number of alkyl halides is 2. The predicted octanol–water partition coefficient (Wildman–Crippen LogP) is 1.53. The van der Waals surface area contributed by atoms with Crippen LogP contribution in [0, 0.1) is 0 Å². The third-order valence-corrected chi connectivity index (χ3v) is 2.74. The number of hydrogen-bond donors (Lipinski definition) is 0. The Hall–Kier alpha value is -0.300. The average molecular weight is 238 g/mol. The number of rotatable bonds is 2. The van der Waals surface area contributed by atoms with Gasteiger partial charge in [0.1, 0.15) is 12.2 Å². The lowest BCUT2D eigenvalue weighted by molar-refractivity contribution is -0.253. The minimum atomic E-state index is -2.99. The van der Waals surface area contributed by atoms with Gasteiger partial charge >= 0.3 is 0 Å². The second-order valence-corrected chi connectivity index (χ2v) is 4.68. The van der Waals surface area contributed by atoms with Gasteiger partial charge in [-0.05, 0) is 13.8 Å². The van der Waals surface area contributed by atoms with E-state index >= 15 is 0 Å². The molecule has 0 spiro atoms. The van der Waals surface area contributed by atoms with Gasteiger partial charge in [0.15, 0.2) is 18.2 Å². The van der Waals surface area contributed by atoms with Crippen molar-refractivity contribution in [3.63, 3.8) is 0 Å². The zero-order valence-corrected chi connectivity index (χ0v) is 9.70. The Morgan fingerprint density at radius 1 is 1.19 bits per heavy atom. The van der Waals surface area contributed by atoms with Gasteiger partial charge in [0.05, 0.1) is 0 Å². The number of ether oxygens (including phenoxy) is 4. The fourth-order valence-electron chi connectivity index (χ4n) is 2.16. The Bertz CT molecular complexity index is 276. The van der Waals surface area contributed by atoms with Gasteiger partial charge in [-0.1, -0.05) is 0 Å². The topological polar surface area (TPSA) is 36.9 Å². The van der Waals surface area contributed by atoms with Crippen LogP contribution in [0.5, 0.6) is 0 Å². The largest absolute Gasteiger partial charge is 0.353 e. The van der Waals surface area contributed by atoms with Crippen LogP contribution in [0.3, 0.4) is 0 Å². The number of hydrogen-bond acceptors (Lipinski definition) is 4. The summed E-state index contributed by atoms with van der Waals surface area (Å²) in [5.74, 6) is -3.86. The first-order valence-corrected chi connectivity index (χ1v) is 5.16. The van der Waals surface area contributed by atoms with Crippen molar-refractivity contribution in [1.29, 1.82) is 0 Å². The summed E-state index contributed by atoms with van der Waals surface area (Å²) in [4.78, 5) is 0. The highest BCUT2D eigenvalue weighted by atomic mass is 19.3. The van der Waals surface area contributed by atoms with Crippen LogP contribution < -0.4 is 0 Å². The highest BCUT2D eigenvalue weighted by Crippen LogP contribution is 2.43. The minimum absolute atomic E-state index is 0.601. The molecule has 0 saturated carbocycles. The Balaban J connectivity index is 2.21. The Labute approximate surface area is 92.8 Å². The van der Waals surface area contributed by atoms with E-state index in [0.29, 0.717) is 0 Å². The Morgan fingerprint density at radius 2 is 1.75 bits per heavy atom. The van der Waals surface area contributed by atoms with E-state index in [1.165, 1.54) is 7.11 Å². The average Bonchev–Trinajstić information content (AvgIpc) is 2.55. The molecule has 4 atom stereocenters. The molecule has 0 amide bonds. The van der Waals surface area contributed by atoms with Crippen molar-refractivity contribution in [1.82, 2.24) is 0 Å². The van der Waals surface area contributed by atoms with Crippen molar-refractivity contribution in [3.8, 4) is 0 Å². The molecule has 0 aliphatic carbocycles. The molecule has 0 bridgehead atoms. The van der Waals surface area contributed by atoms with Gasteiger partial charge in [0.2, 0.25) is 0 Å². The molecule has 6 heteroatoms. The van der Waals surface area contributed by atoms with Crippen LogP contribution in [0.4, 0.5) is 8.78 Å². The molecule has 2 saturated heterocycles. The molecule has 2 fully saturated rings. The maximum Gasteiger partial charge on any atom is 0.273 e. The van der Waals surface area contributed by atoms with Crippen molar-refractivity contribution in [2.75, 3.05) is 7.11 Å². The van der Waals surface area contributed by atoms with Gasteiger partial charge in [-0.3, -0.25) is 0 Å². The second kappa shape index (κ2) is 3.60. The van der Waals surface area contributed by atoms with Crippen molar-refractivity contribution in [2.45, 2.75) is 57.1 Å². The lowest BCUT2D eigenvalue weighted by Crippen LogP contribution is -2.41. The van der Waals surface area contributed by atoms with Gasteiger partial charge in [0.25, 0.3) is 5.92 Å². The van der Waals surface area contributed by atoms with E-state index in [4.69, 9.17) is 18.9 Å². The molecule has 16 heavy (non-hydrogen) atoms. The van der Waals surface area contributed by atoms with E-state index in [0.717, 1.165) is 6.92 Å². The summed E-state index contributed by atoms with van der Waals surface area (Å²) in [5, 5.41) is 0.